The predicted octanol–water partition coefficient (Wildman–Crippen LogP) is 3.68. The molecule has 0 atom stereocenters. The van der Waals surface area contributed by atoms with E-state index in [0.717, 1.165) is 22.2 Å². The Bertz CT molecular complexity index is 985. The smallest absolute Gasteiger partial charge is 0.298 e. The van der Waals surface area contributed by atoms with E-state index in [1.807, 2.05) is 18.2 Å². The van der Waals surface area contributed by atoms with Crippen LogP contribution in [-0.4, -0.2) is 29.1 Å². The Balaban J connectivity index is 1.72. The van der Waals surface area contributed by atoms with Gasteiger partial charge < -0.3 is 9.47 Å². The second-order valence-corrected chi connectivity index (χ2v) is 7.11. The molecule has 2 aromatic heterocycles. The lowest BCUT2D eigenvalue weighted by Crippen LogP contribution is -2.33. The molecule has 0 saturated carbocycles. The van der Waals surface area contributed by atoms with E-state index >= 15 is 0 Å². The number of pyridine rings is 1. The van der Waals surface area contributed by atoms with E-state index in [0.29, 0.717) is 24.9 Å². The van der Waals surface area contributed by atoms with Crippen LogP contribution in [0.3, 0.4) is 0 Å². The van der Waals surface area contributed by atoms with Gasteiger partial charge in [-0.2, -0.15) is 0 Å². The van der Waals surface area contributed by atoms with Gasteiger partial charge in [0.1, 0.15) is 19.5 Å². The maximum Gasteiger partial charge on any atom is 0.298 e. The lowest BCUT2D eigenvalue weighted by atomic mass is 10.2. The summed E-state index contributed by atoms with van der Waals surface area (Å²) in [7, 11) is 0. The maximum absolute atomic E-state index is 13.1. The van der Waals surface area contributed by atoms with E-state index in [1.54, 1.807) is 17.3 Å². The number of aryl methyl sites for hydroxylation is 1. The number of aromatic nitrogens is 2. The van der Waals surface area contributed by atoms with Gasteiger partial charge in [-0.15, -0.1) is 0 Å². The third-order valence-electron chi connectivity index (χ3n) is 4.28. The minimum atomic E-state index is -0.263. The zero-order valence-electron chi connectivity index (χ0n) is 14.9. The van der Waals surface area contributed by atoms with Gasteiger partial charge in [0.15, 0.2) is 5.13 Å². The van der Waals surface area contributed by atoms with Gasteiger partial charge in [-0.1, -0.05) is 24.3 Å². The molecule has 0 bridgehead atoms. The molecule has 6 nitrogen and oxygen atoms in total. The van der Waals surface area contributed by atoms with Crippen molar-refractivity contribution in [1.82, 2.24) is 9.97 Å². The highest BCUT2D eigenvalue weighted by Crippen LogP contribution is 2.31. The summed E-state index contributed by atoms with van der Waals surface area (Å²) in [4.78, 5) is 23.5. The second kappa shape index (κ2) is 7.75. The number of amides is 1. The number of hydrogen-bond donors (Lipinski definition) is 0. The van der Waals surface area contributed by atoms with Gasteiger partial charge >= 0.3 is 0 Å². The Hall–Kier alpha value is -2.93. The summed E-state index contributed by atoms with van der Waals surface area (Å²) in [5, 5.41) is 0.634. The van der Waals surface area contributed by atoms with Crippen molar-refractivity contribution in [2.75, 3.05) is 18.1 Å². The van der Waals surface area contributed by atoms with Crippen LogP contribution >= 0.6 is 11.3 Å². The van der Waals surface area contributed by atoms with Crippen molar-refractivity contribution < 1.29 is 14.3 Å². The Morgan fingerprint density at radius 3 is 2.78 bits per heavy atom. The van der Waals surface area contributed by atoms with Gasteiger partial charge in [0.05, 0.1) is 16.8 Å². The number of hydrogen-bond acceptors (Lipinski definition) is 6. The molecule has 0 unspecified atom stereocenters. The molecule has 7 heteroatoms. The molecule has 3 aromatic rings. The van der Waals surface area contributed by atoms with Crippen LogP contribution in [0.5, 0.6) is 0 Å². The normalized spacial score (nSPS) is 13.6. The monoisotopic (exact) mass is 381 g/mol. The predicted molar refractivity (Wildman–Crippen MR) is 104 cm³/mol. The molecule has 1 aliphatic rings. The van der Waals surface area contributed by atoms with Gasteiger partial charge in [-0.05, 0) is 41.8 Å². The average molecular weight is 381 g/mol. The topological polar surface area (TPSA) is 64.6 Å². The summed E-state index contributed by atoms with van der Waals surface area (Å²) in [5.74, 6) is -0.0647. The van der Waals surface area contributed by atoms with Crippen molar-refractivity contribution in [3.8, 4) is 0 Å². The van der Waals surface area contributed by atoms with Crippen LogP contribution < -0.4 is 4.90 Å². The van der Waals surface area contributed by atoms with Crippen LogP contribution in [-0.2, 0) is 27.2 Å². The second-order valence-electron chi connectivity index (χ2n) is 6.10. The van der Waals surface area contributed by atoms with Crippen molar-refractivity contribution in [2.24, 2.45) is 0 Å². The van der Waals surface area contributed by atoms with E-state index in [2.05, 4.69) is 29.0 Å². The molecule has 0 aliphatic carbocycles. The van der Waals surface area contributed by atoms with Gasteiger partial charge in [-0.3, -0.25) is 14.7 Å². The van der Waals surface area contributed by atoms with Crippen LogP contribution in [0.15, 0.2) is 54.7 Å². The Kier molecular flexibility index (Phi) is 5.02. The van der Waals surface area contributed by atoms with Gasteiger partial charge in [0, 0.05) is 12.4 Å². The number of thiazole rings is 1. The highest BCUT2D eigenvalue weighted by molar-refractivity contribution is 7.22. The van der Waals surface area contributed by atoms with Crippen LogP contribution in [0.2, 0.25) is 0 Å². The zero-order chi connectivity index (χ0) is 18.6. The molecule has 1 amide bonds. The number of rotatable bonds is 5. The fourth-order valence-corrected chi connectivity index (χ4v) is 3.83. The van der Waals surface area contributed by atoms with E-state index < -0.39 is 0 Å². The number of benzene rings is 1. The fourth-order valence-electron chi connectivity index (χ4n) is 2.80. The fraction of sp³-hybridized carbons (Fsp3) is 0.250. The van der Waals surface area contributed by atoms with E-state index in [4.69, 9.17) is 9.47 Å². The summed E-state index contributed by atoms with van der Waals surface area (Å²) in [6.45, 7) is 3.31. The van der Waals surface area contributed by atoms with Crippen LogP contribution in [0.25, 0.3) is 10.2 Å². The molecule has 0 saturated heterocycles. The first-order chi connectivity index (χ1) is 13.2. The summed E-state index contributed by atoms with van der Waals surface area (Å²) in [5.41, 5.74) is 3.09. The minimum Gasteiger partial charge on any atom is -0.494 e. The van der Waals surface area contributed by atoms with Crippen molar-refractivity contribution >= 4 is 32.6 Å². The van der Waals surface area contributed by atoms with Crippen molar-refractivity contribution in [1.29, 1.82) is 0 Å². The van der Waals surface area contributed by atoms with Gasteiger partial charge in [0.25, 0.3) is 5.91 Å². The molecule has 27 heavy (non-hydrogen) atoms. The SMILES string of the molecule is CCc1ccc2nc(N(Cc3ccncc3)C(=O)C3=COCCO3)sc2c1. The lowest BCUT2D eigenvalue weighted by Gasteiger charge is -2.23. The van der Waals surface area contributed by atoms with Crippen LogP contribution in [0.1, 0.15) is 18.1 Å². The lowest BCUT2D eigenvalue weighted by molar-refractivity contribution is -0.119. The summed E-state index contributed by atoms with van der Waals surface area (Å²) < 4.78 is 11.8. The average Bonchev–Trinajstić information content (AvgIpc) is 3.15. The van der Waals surface area contributed by atoms with Crippen molar-refractivity contribution in [2.45, 2.75) is 19.9 Å². The standard InChI is InChI=1S/C20H19N3O3S/c1-2-14-3-4-16-18(11-14)27-20(22-16)23(12-15-5-7-21-8-6-15)19(24)17-13-25-9-10-26-17/h3-8,11,13H,2,9-10,12H2,1H3. The maximum atomic E-state index is 13.1. The van der Waals surface area contributed by atoms with Crippen molar-refractivity contribution in [3.05, 3.63) is 65.9 Å². The minimum absolute atomic E-state index is 0.198. The molecule has 4 rings (SSSR count). The highest BCUT2D eigenvalue weighted by Gasteiger charge is 2.26. The number of ether oxygens (including phenoxy) is 2. The number of carbonyl (C=O) groups excluding carboxylic acids is 1. The molecule has 0 radical (unpaired) electrons. The first kappa shape index (κ1) is 17.5. The highest BCUT2D eigenvalue weighted by atomic mass is 32.1. The molecular formula is C20H19N3O3S. The molecule has 1 aliphatic heterocycles. The molecular weight excluding hydrogens is 362 g/mol. The first-order valence-corrected chi connectivity index (χ1v) is 9.61. The third kappa shape index (κ3) is 3.78. The summed E-state index contributed by atoms with van der Waals surface area (Å²) in [6, 6.07) is 9.97. The quantitative estimate of drug-likeness (QED) is 0.675. The zero-order valence-corrected chi connectivity index (χ0v) is 15.7. The number of nitrogens with zero attached hydrogens (tertiary/aromatic N) is 3. The first-order valence-electron chi connectivity index (χ1n) is 8.79. The molecule has 3 heterocycles. The number of carbonyl (C=O) groups is 1. The Morgan fingerprint density at radius 1 is 1.19 bits per heavy atom. The van der Waals surface area contributed by atoms with Crippen LogP contribution in [0.4, 0.5) is 5.13 Å². The van der Waals surface area contributed by atoms with Gasteiger partial charge in [0.2, 0.25) is 5.76 Å². The van der Waals surface area contributed by atoms with E-state index in [9.17, 15) is 4.79 Å². The largest absolute Gasteiger partial charge is 0.494 e. The van der Waals surface area contributed by atoms with E-state index in [-0.39, 0.29) is 11.7 Å². The summed E-state index contributed by atoms with van der Waals surface area (Å²) in [6.07, 6.45) is 5.77. The Morgan fingerprint density at radius 2 is 2.04 bits per heavy atom. The molecule has 0 N–H and O–H groups in total. The molecule has 138 valence electrons. The summed E-state index contributed by atoms with van der Waals surface area (Å²) >= 11 is 1.50. The molecule has 1 aromatic carbocycles. The van der Waals surface area contributed by atoms with Gasteiger partial charge in [-0.25, -0.2) is 4.98 Å². The molecule has 0 fully saturated rings. The number of anilines is 1. The third-order valence-corrected chi connectivity index (χ3v) is 5.32. The number of fused-ring (bicyclic) bond motifs is 1. The Labute approximate surface area is 161 Å². The van der Waals surface area contributed by atoms with Crippen molar-refractivity contribution in [3.63, 3.8) is 0 Å². The van der Waals surface area contributed by atoms with Crippen LogP contribution in [0, 0.1) is 0 Å². The van der Waals surface area contributed by atoms with E-state index in [1.165, 1.54) is 23.2 Å². The molecule has 0 spiro atoms.